The predicted octanol–water partition coefficient (Wildman–Crippen LogP) is 3.54. The number of nitrogens with one attached hydrogen (secondary N) is 1. The molecule has 2 amide bonds. The minimum absolute atomic E-state index is 0.118. The van der Waals surface area contributed by atoms with Crippen molar-refractivity contribution in [2.75, 3.05) is 18.9 Å². The number of nitrogens with zero attached hydrogens (tertiary/aromatic N) is 1. The van der Waals surface area contributed by atoms with Crippen molar-refractivity contribution in [3.8, 4) is 0 Å². The Hall–Kier alpha value is -2.05. The van der Waals surface area contributed by atoms with Gasteiger partial charge in [-0.25, -0.2) is 0 Å². The van der Waals surface area contributed by atoms with Crippen LogP contribution in [-0.4, -0.2) is 30.3 Å². The molecule has 24 heavy (non-hydrogen) atoms. The van der Waals surface area contributed by atoms with Crippen molar-refractivity contribution < 1.29 is 22.8 Å². The van der Waals surface area contributed by atoms with Crippen LogP contribution in [0.25, 0.3) is 0 Å². The van der Waals surface area contributed by atoms with E-state index in [2.05, 4.69) is 5.32 Å². The van der Waals surface area contributed by atoms with E-state index in [1.54, 1.807) is 11.9 Å². The summed E-state index contributed by atoms with van der Waals surface area (Å²) in [6, 6.07) is 4.83. The van der Waals surface area contributed by atoms with Crippen LogP contribution >= 0.6 is 0 Å². The molecule has 2 rings (SSSR count). The Labute approximate surface area is 139 Å². The molecule has 0 saturated heterocycles. The number of hydrogen-bond acceptors (Lipinski definition) is 2. The lowest BCUT2D eigenvalue weighted by atomic mass is 10.1. The highest BCUT2D eigenvalue weighted by Gasteiger charge is 2.49. The fourth-order valence-corrected chi connectivity index (χ4v) is 2.61. The van der Waals surface area contributed by atoms with Crippen molar-refractivity contribution in [2.24, 2.45) is 11.8 Å². The quantitative estimate of drug-likeness (QED) is 0.860. The van der Waals surface area contributed by atoms with Gasteiger partial charge in [0.2, 0.25) is 11.8 Å². The average Bonchev–Trinajstić information content (AvgIpc) is 3.32. The van der Waals surface area contributed by atoms with Gasteiger partial charge in [-0.05, 0) is 25.0 Å². The maximum atomic E-state index is 12.9. The van der Waals surface area contributed by atoms with Gasteiger partial charge >= 0.3 is 6.18 Å². The number of amides is 2. The number of benzene rings is 1. The molecule has 2 atom stereocenters. The van der Waals surface area contributed by atoms with Crippen molar-refractivity contribution in [1.29, 1.82) is 0 Å². The number of alkyl halides is 3. The van der Waals surface area contributed by atoms with Crippen LogP contribution in [0.2, 0.25) is 0 Å². The Kier molecular flexibility index (Phi) is 5.51. The molecule has 1 saturated carbocycles. The standard InChI is InChI=1S/C17H21F3N2O2/c1-3-4-9-22(2)16(24)12-10-11(12)15(23)21-14-8-6-5-7-13(14)17(18,19)20/h5-8,11-12H,3-4,9-10H2,1-2H3,(H,21,23). The predicted molar refractivity (Wildman–Crippen MR) is 84.2 cm³/mol. The molecule has 0 radical (unpaired) electrons. The molecular formula is C17H21F3N2O2. The monoisotopic (exact) mass is 342 g/mol. The maximum absolute atomic E-state index is 12.9. The molecule has 0 aliphatic heterocycles. The maximum Gasteiger partial charge on any atom is 0.418 e. The second-order valence-electron chi connectivity index (χ2n) is 6.09. The third-order valence-corrected chi connectivity index (χ3v) is 4.16. The number of anilines is 1. The summed E-state index contributed by atoms with van der Waals surface area (Å²) in [5.74, 6) is -1.63. The smallest absolute Gasteiger partial charge is 0.346 e. The van der Waals surface area contributed by atoms with Crippen molar-refractivity contribution in [2.45, 2.75) is 32.4 Å². The summed E-state index contributed by atoms with van der Waals surface area (Å²) in [7, 11) is 1.68. The van der Waals surface area contributed by atoms with Crippen molar-refractivity contribution in [1.82, 2.24) is 4.90 Å². The second-order valence-corrected chi connectivity index (χ2v) is 6.09. The van der Waals surface area contributed by atoms with Gasteiger partial charge in [0.1, 0.15) is 0 Å². The van der Waals surface area contributed by atoms with Crippen molar-refractivity contribution in [3.63, 3.8) is 0 Å². The summed E-state index contributed by atoms with van der Waals surface area (Å²) < 4.78 is 38.8. The van der Waals surface area contributed by atoms with E-state index in [0.29, 0.717) is 13.0 Å². The van der Waals surface area contributed by atoms with Crippen LogP contribution in [0.3, 0.4) is 0 Å². The Bertz CT molecular complexity index is 616. The number of carbonyl (C=O) groups is 2. The van der Waals surface area contributed by atoms with Crippen LogP contribution in [0, 0.1) is 11.8 Å². The molecule has 0 heterocycles. The lowest BCUT2D eigenvalue weighted by Gasteiger charge is -2.17. The van der Waals surface area contributed by atoms with Crippen LogP contribution in [0.4, 0.5) is 18.9 Å². The van der Waals surface area contributed by atoms with Gasteiger partial charge in [0.15, 0.2) is 0 Å². The molecule has 1 aliphatic carbocycles. The highest BCUT2D eigenvalue weighted by Crippen LogP contribution is 2.42. The first kappa shape index (κ1) is 18.3. The van der Waals surface area contributed by atoms with Gasteiger partial charge in [-0.15, -0.1) is 0 Å². The first-order valence-corrected chi connectivity index (χ1v) is 7.97. The van der Waals surface area contributed by atoms with Gasteiger partial charge in [-0.1, -0.05) is 25.5 Å². The lowest BCUT2D eigenvalue weighted by Crippen LogP contribution is -2.30. The summed E-state index contributed by atoms with van der Waals surface area (Å²) in [5.41, 5.74) is -1.16. The Morgan fingerprint density at radius 2 is 1.92 bits per heavy atom. The zero-order valence-electron chi connectivity index (χ0n) is 13.7. The molecule has 2 unspecified atom stereocenters. The fourth-order valence-electron chi connectivity index (χ4n) is 2.61. The third kappa shape index (κ3) is 4.27. The summed E-state index contributed by atoms with van der Waals surface area (Å²) in [6.07, 6.45) is -2.32. The molecule has 1 N–H and O–H groups in total. The van der Waals surface area contributed by atoms with E-state index in [1.165, 1.54) is 18.2 Å². The van der Waals surface area contributed by atoms with Gasteiger partial charge in [0.25, 0.3) is 0 Å². The highest BCUT2D eigenvalue weighted by molar-refractivity contribution is 5.99. The van der Waals surface area contributed by atoms with Crippen LogP contribution in [0.1, 0.15) is 31.7 Å². The molecule has 1 aromatic carbocycles. The minimum atomic E-state index is -4.54. The van der Waals surface area contributed by atoms with Crippen molar-refractivity contribution in [3.05, 3.63) is 29.8 Å². The SMILES string of the molecule is CCCCN(C)C(=O)C1CC1C(=O)Nc1ccccc1C(F)(F)F. The van der Waals surface area contributed by atoms with Crippen LogP contribution in [0.5, 0.6) is 0 Å². The zero-order valence-corrected chi connectivity index (χ0v) is 13.7. The molecule has 1 aromatic rings. The van der Waals surface area contributed by atoms with E-state index < -0.39 is 29.5 Å². The number of halogens is 3. The van der Waals surface area contributed by atoms with E-state index in [0.717, 1.165) is 18.9 Å². The fraction of sp³-hybridized carbons (Fsp3) is 0.529. The first-order chi connectivity index (χ1) is 11.3. The van der Waals surface area contributed by atoms with Crippen LogP contribution in [-0.2, 0) is 15.8 Å². The highest BCUT2D eigenvalue weighted by atomic mass is 19.4. The lowest BCUT2D eigenvalue weighted by molar-refractivity contribution is -0.137. The van der Waals surface area contributed by atoms with E-state index in [1.807, 2.05) is 6.92 Å². The van der Waals surface area contributed by atoms with Gasteiger partial charge in [-0.2, -0.15) is 13.2 Å². The van der Waals surface area contributed by atoms with Gasteiger partial charge < -0.3 is 10.2 Å². The summed E-state index contributed by atoms with van der Waals surface area (Å²) in [4.78, 5) is 25.9. The number of unbranched alkanes of at least 4 members (excludes halogenated alkanes) is 1. The third-order valence-electron chi connectivity index (χ3n) is 4.16. The van der Waals surface area contributed by atoms with Gasteiger partial charge in [-0.3, -0.25) is 9.59 Å². The average molecular weight is 342 g/mol. The first-order valence-electron chi connectivity index (χ1n) is 7.97. The topological polar surface area (TPSA) is 49.4 Å². The van der Waals surface area contributed by atoms with E-state index in [9.17, 15) is 22.8 Å². The Morgan fingerprint density at radius 1 is 1.25 bits per heavy atom. The molecule has 0 aromatic heterocycles. The van der Waals surface area contributed by atoms with Gasteiger partial charge in [0, 0.05) is 13.6 Å². The molecule has 0 bridgehead atoms. The van der Waals surface area contributed by atoms with E-state index in [-0.39, 0.29) is 11.6 Å². The zero-order chi connectivity index (χ0) is 17.9. The Balaban J connectivity index is 1.97. The van der Waals surface area contributed by atoms with Gasteiger partial charge in [0.05, 0.1) is 23.1 Å². The largest absolute Gasteiger partial charge is 0.418 e. The molecule has 132 valence electrons. The molecule has 4 nitrogen and oxygen atoms in total. The summed E-state index contributed by atoms with van der Waals surface area (Å²) in [5, 5.41) is 2.32. The minimum Gasteiger partial charge on any atom is -0.346 e. The van der Waals surface area contributed by atoms with Crippen LogP contribution in [0.15, 0.2) is 24.3 Å². The number of carbonyl (C=O) groups excluding carboxylic acids is 2. The number of hydrogen-bond donors (Lipinski definition) is 1. The summed E-state index contributed by atoms with van der Waals surface area (Å²) >= 11 is 0. The normalized spacial score (nSPS) is 19.7. The van der Waals surface area contributed by atoms with E-state index >= 15 is 0 Å². The summed E-state index contributed by atoms with van der Waals surface area (Å²) in [6.45, 7) is 2.64. The molecule has 1 fully saturated rings. The number of para-hydroxylation sites is 1. The molecule has 7 heteroatoms. The molecule has 1 aliphatic rings. The Morgan fingerprint density at radius 3 is 2.54 bits per heavy atom. The second kappa shape index (κ2) is 7.23. The molecular weight excluding hydrogens is 321 g/mol. The van der Waals surface area contributed by atoms with Crippen LogP contribution < -0.4 is 5.32 Å². The van der Waals surface area contributed by atoms with Crippen molar-refractivity contribution >= 4 is 17.5 Å². The molecule has 0 spiro atoms. The number of rotatable bonds is 6. The van der Waals surface area contributed by atoms with E-state index in [4.69, 9.17) is 0 Å².